The van der Waals surface area contributed by atoms with E-state index in [0.717, 1.165) is 7.11 Å². The zero-order chi connectivity index (χ0) is 12.8. The lowest BCUT2D eigenvalue weighted by Gasteiger charge is -2.19. The zero-order valence-corrected chi connectivity index (χ0v) is 9.68. The number of ether oxygens (including phenoxy) is 2. The van der Waals surface area contributed by atoms with Crippen molar-refractivity contribution in [3.05, 3.63) is 0 Å². The van der Waals surface area contributed by atoms with Crippen molar-refractivity contribution < 1.29 is 28.6 Å². The van der Waals surface area contributed by atoms with Crippen LogP contribution in [0.3, 0.4) is 0 Å². The predicted octanol–water partition coefficient (Wildman–Crippen LogP) is 0.200. The molecule has 5 nitrogen and oxygen atoms in total. The maximum atomic E-state index is 14.2. The summed E-state index contributed by atoms with van der Waals surface area (Å²) in [7, 11) is 1.09. The van der Waals surface area contributed by atoms with E-state index >= 15 is 0 Å². The molecule has 5 atom stereocenters. The second-order valence-corrected chi connectivity index (χ2v) is 4.50. The fourth-order valence-electron chi connectivity index (χ4n) is 2.76. The lowest BCUT2D eigenvalue weighted by molar-refractivity contribution is -0.158. The summed E-state index contributed by atoms with van der Waals surface area (Å²) in [5, 5.41) is 9.64. The summed E-state index contributed by atoms with van der Waals surface area (Å²) in [6.07, 6.45) is -1.32. The highest BCUT2D eigenvalue weighted by molar-refractivity contribution is 5.85. The van der Waals surface area contributed by atoms with Gasteiger partial charge in [-0.3, -0.25) is 4.79 Å². The van der Waals surface area contributed by atoms with Crippen molar-refractivity contribution in [2.24, 2.45) is 11.8 Å². The third-order valence-electron chi connectivity index (χ3n) is 3.61. The van der Waals surface area contributed by atoms with Crippen molar-refractivity contribution in [1.82, 2.24) is 0 Å². The van der Waals surface area contributed by atoms with E-state index in [4.69, 9.17) is 4.74 Å². The highest BCUT2D eigenvalue weighted by atomic mass is 19.1. The van der Waals surface area contributed by atoms with Gasteiger partial charge in [0.2, 0.25) is 5.67 Å². The third-order valence-corrected chi connectivity index (χ3v) is 3.61. The Kier molecular flexibility index (Phi) is 2.85. The van der Waals surface area contributed by atoms with Crippen LogP contribution in [0.2, 0.25) is 0 Å². The van der Waals surface area contributed by atoms with Crippen LogP contribution in [-0.2, 0) is 19.1 Å². The largest absolute Gasteiger partial charge is 0.467 e. The summed E-state index contributed by atoms with van der Waals surface area (Å²) in [4.78, 5) is 22.5. The van der Waals surface area contributed by atoms with Gasteiger partial charge in [0.1, 0.15) is 6.10 Å². The van der Waals surface area contributed by atoms with Crippen LogP contribution < -0.4 is 0 Å². The standard InChI is InChI=1S/C11H15FO5/c1-3-7(14)17-6-4-5(13)8-9(6)11(8,12)10(15)16-2/h5-6,8-9,13H,3-4H2,1-2H3/t5-,6+,8+,9-,11+/m0/s1. The van der Waals surface area contributed by atoms with Crippen molar-refractivity contribution in [2.75, 3.05) is 7.11 Å². The molecule has 17 heavy (non-hydrogen) atoms. The molecule has 2 rings (SSSR count). The molecule has 2 aliphatic rings. The molecular formula is C11H15FO5. The van der Waals surface area contributed by atoms with Gasteiger partial charge in [0, 0.05) is 18.8 Å². The fourth-order valence-corrected chi connectivity index (χ4v) is 2.76. The SMILES string of the molecule is CCC(=O)O[C@@H]1C[C@H](O)[C@@H]2[C@H]1[C@@]2(F)C(=O)OC. The molecule has 0 aliphatic heterocycles. The number of carbonyl (C=O) groups is 2. The quantitative estimate of drug-likeness (QED) is 0.720. The second kappa shape index (κ2) is 3.94. The van der Waals surface area contributed by atoms with Gasteiger partial charge < -0.3 is 14.6 Å². The Bertz CT molecular complexity index is 358. The minimum absolute atomic E-state index is 0.182. The zero-order valence-electron chi connectivity index (χ0n) is 9.68. The highest BCUT2D eigenvalue weighted by Gasteiger charge is 2.81. The number of halogens is 1. The van der Waals surface area contributed by atoms with Gasteiger partial charge in [-0.2, -0.15) is 0 Å². The first-order valence-corrected chi connectivity index (χ1v) is 5.61. The molecule has 6 heteroatoms. The number of aliphatic hydroxyl groups is 1. The maximum Gasteiger partial charge on any atom is 0.344 e. The molecule has 0 aromatic rings. The molecular weight excluding hydrogens is 231 g/mol. The van der Waals surface area contributed by atoms with E-state index in [0.29, 0.717) is 0 Å². The van der Waals surface area contributed by atoms with Crippen molar-refractivity contribution in [3.63, 3.8) is 0 Å². The Morgan fingerprint density at radius 2 is 2.12 bits per heavy atom. The van der Waals surface area contributed by atoms with Crippen LogP contribution in [0.5, 0.6) is 0 Å². The average Bonchev–Trinajstić information content (AvgIpc) is 2.80. The first kappa shape index (κ1) is 12.3. The van der Waals surface area contributed by atoms with Gasteiger partial charge in [0.25, 0.3) is 0 Å². The molecule has 0 unspecified atom stereocenters. The van der Waals surface area contributed by atoms with Crippen molar-refractivity contribution in [1.29, 1.82) is 0 Å². The van der Waals surface area contributed by atoms with Gasteiger partial charge in [0.05, 0.1) is 19.1 Å². The van der Waals surface area contributed by atoms with E-state index in [1.807, 2.05) is 0 Å². The van der Waals surface area contributed by atoms with E-state index < -0.39 is 41.7 Å². The van der Waals surface area contributed by atoms with E-state index in [-0.39, 0.29) is 12.8 Å². The van der Waals surface area contributed by atoms with Gasteiger partial charge in [-0.15, -0.1) is 0 Å². The minimum Gasteiger partial charge on any atom is -0.467 e. The molecule has 2 fully saturated rings. The Morgan fingerprint density at radius 1 is 1.47 bits per heavy atom. The Hall–Kier alpha value is -1.17. The normalized spacial score (nSPS) is 42.8. The monoisotopic (exact) mass is 246 g/mol. The number of fused-ring (bicyclic) bond motifs is 1. The van der Waals surface area contributed by atoms with Crippen LogP contribution in [0.15, 0.2) is 0 Å². The number of carbonyl (C=O) groups excluding carboxylic acids is 2. The molecule has 0 spiro atoms. The molecule has 0 amide bonds. The van der Waals surface area contributed by atoms with E-state index in [9.17, 15) is 19.1 Å². The molecule has 0 heterocycles. The van der Waals surface area contributed by atoms with E-state index in [2.05, 4.69) is 4.74 Å². The van der Waals surface area contributed by atoms with Crippen LogP contribution in [0.4, 0.5) is 4.39 Å². The number of rotatable bonds is 3. The summed E-state index contributed by atoms with van der Waals surface area (Å²) in [6, 6.07) is 0. The molecule has 0 radical (unpaired) electrons. The Labute approximate surface area is 97.9 Å². The smallest absolute Gasteiger partial charge is 0.344 e. The molecule has 1 N–H and O–H groups in total. The molecule has 0 aromatic carbocycles. The number of hydrogen-bond donors (Lipinski definition) is 1. The summed E-state index contributed by atoms with van der Waals surface area (Å²) < 4.78 is 23.6. The average molecular weight is 246 g/mol. The van der Waals surface area contributed by atoms with Gasteiger partial charge in [-0.05, 0) is 0 Å². The summed E-state index contributed by atoms with van der Waals surface area (Å²) in [6.45, 7) is 1.63. The van der Waals surface area contributed by atoms with Crippen molar-refractivity contribution in [3.8, 4) is 0 Å². The number of aliphatic hydroxyl groups excluding tert-OH is 1. The van der Waals surface area contributed by atoms with Gasteiger partial charge in [-0.25, -0.2) is 9.18 Å². The van der Waals surface area contributed by atoms with Crippen LogP contribution in [0, 0.1) is 11.8 Å². The molecule has 2 saturated carbocycles. The first-order chi connectivity index (χ1) is 7.96. The molecule has 0 saturated heterocycles. The van der Waals surface area contributed by atoms with Crippen LogP contribution >= 0.6 is 0 Å². The highest BCUT2D eigenvalue weighted by Crippen LogP contribution is 2.64. The predicted molar refractivity (Wildman–Crippen MR) is 53.6 cm³/mol. The lowest BCUT2D eigenvalue weighted by Crippen LogP contribution is -2.34. The Morgan fingerprint density at radius 3 is 2.65 bits per heavy atom. The summed E-state index contributed by atoms with van der Waals surface area (Å²) in [5.74, 6) is -3.02. The molecule has 0 aromatic heterocycles. The molecule has 2 aliphatic carbocycles. The van der Waals surface area contributed by atoms with E-state index in [1.54, 1.807) is 6.92 Å². The third kappa shape index (κ3) is 1.62. The van der Waals surface area contributed by atoms with Crippen LogP contribution in [0.1, 0.15) is 19.8 Å². The van der Waals surface area contributed by atoms with Crippen LogP contribution in [0.25, 0.3) is 0 Å². The van der Waals surface area contributed by atoms with Gasteiger partial charge >= 0.3 is 11.9 Å². The molecule has 0 bridgehead atoms. The van der Waals surface area contributed by atoms with Crippen molar-refractivity contribution in [2.45, 2.75) is 37.6 Å². The topological polar surface area (TPSA) is 72.8 Å². The number of hydrogen-bond acceptors (Lipinski definition) is 5. The fraction of sp³-hybridized carbons (Fsp3) is 0.818. The Balaban J connectivity index is 2.10. The van der Waals surface area contributed by atoms with Gasteiger partial charge in [-0.1, -0.05) is 6.92 Å². The number of methoxy groups -OCH3 is 1. The summed E-state index contributed by atoms with van der Waals surface area (Å²) >= 11 is 0. The maximum absolute atomic E-state index is 14.2. The summed E-state index contributed by atoms with van der Waals surface area (Å²) in [5.41, 5.74) is -2.19. The number of alkyl halides is 1. The first-order valence-electron chi connectivity index (χ1n) is 5.61. The molecule has 96 valence electrons. The minimum atomic E-state index is -2.19. The van der Waals surface area contributed by atoms with Crippen molar-refractivity contribution >= 4 is 11.9 Å². The number of esters is 2. The van der Waals surface area contributed by atoms with Gasteiger partial charge in [0.15, 0.2) is 0 Å². The lowest BCUT2D eigenvalue weighted by atomic mass is 10.1. The second-order valence-electron chi connectivity index (χ2n) is 4.50. The van der Waals surface area contributed by atoms with Crippen LogP contribution in [-0.4, -0.2) is 42.0 Å². The van der Waals surface area contributed by atoms with E-state index in [1.165, 1.54) is 0 Å².